The van der Waals surface area contributed by atoms with E-state index in [0.29, 0.717) is 16.4 Å². The van der Waals surface area contributed by atoms with Gasteiger partial charge < -0.3 is 0 Å². The monoisotopic (exact) mass is 312 g/mol. The lowest BCUT2D eigenvalue weighted by Crippen LogP contribution is -1.95. The molecule has 0 unspecified atom stereocenters. The van der Waals surface area contributed by atoms with Crippen LogP contribution in [0.15, 0.2) is 23.6 Å². The maximum absolute atomic E-state index is 13.8. The first-order valence-electron chi connectivity index (χ1n) is 5.43. The quantitative estimate of drug-likeness (QED) is 0.583. The smallest absolute Gasteiger partial charge is 0.173 e. The molecular weight excluding hydrogens is 306 g/mol. The van der Waals surface area contributed by atoms with Gasteiger partial charge in [-0.25, -0.2) is 14.4 Å². The van der Waals surface area contributed by atoms with Crippen LogP contribution in [-0.2, 0) is 0 Å². The third-order valence-corrected chi connectivity index (χ3v) is 4.39. The molecule has 0 radical (unpaired) electrons. The van der Waals surface area contributed by atoms with E-state index in [1.54, 1.807) is 12.1 Å². The van der Waals surface area contributed by atoms with Crippen molar-refractivity contribution in [2.24, 2.45) is 0 Å². The average Bonchev–Trinajstić information content (AvgIpc) is 2.79. The minimum atomic E-state index is -0.422. The lowest BCUT2D eigenvalue weighted by Gasteiger charge is -2.06. The van der Waals surface area contributed by atoms with Crippen LogP contribution in [0.4, 0.5) is 4.39 Å². The van der Waals surface area contributed by atoms with Gasteiger partial charge in [0, 0.05) is 0 Å². The van der Waals surface area contributed by atoms with Crippen LogP contribution in [-0.4, -0.2) is 9.97 Å². The summed E-state index contributed by atoms with van der Waals surface area (Å²) < 4.78 is 13.8. The van der Waals surface area contributed by atoms with Gasteiger partial charge in [0.2, 0.25) is 0 Å². The molecule has 0 spiro atoms. The summed E-state index contributed by atoms with van der Waals surface area (Å²) in [4.78, 5) is 9.27. The Labute approximate surface area is 122 Å². The number of rotatable bonds is 1. The zero-order valence-electron chi connectivity index (χ0n) is 9.75. The summed E-state index contributed by atoms with van der Waals surface area (Å²) in [5.41, 5.74) is 1.36. The molecule has 6 heteroatoms. The van der Waals surface area contributed by atoms with Crippen LogP contribution >= 0.6 is 34.5 Å². The molecule has 0 amide bonds. The van der Waals surface area contributed by atoms with Gasteiger partial charge in [0.05, 0.1) is 20.8 Å². The molecule has 19 heavy (non-hydrogen) atoms. The zero-order chi connectivity index (χ0) is 13.6. The first-order chi connectivity index (χ1) is 9.08. The number of thiophene rings is 1. The minimum absolute atomic E-state index is 0.102. The molecule has 0 aliphatic rings. The molecule has 0 N–H and O–H groups in total. The largest absolute Gasteiger partial charge is 0.227 e. The van der Waals surface area contributed by atoms with E-state index in [1.807, 2.05) is 12.3 Å². The SMILES string of the molecule is Cc1ccc(F)c2c(Cl)nc(-c3sccc3Cl)nc12. The van der Waals surface area contributed by atoms with E-state index in [0.717, 1.165) is 10.4 Å². The Morgan fingerprint density at radius 2 is 1.95 bits per heavy atom. The summed E-state index contributed by atoms with van der Waals surface area (Å²) >= 11 is 13.6. The van der Waals surface area contributed by atoms with Crippen LogP contribution < -0.4 is 0 Å². The fourth-order valence-electron chi connectivity index (χ4n) is 1.85. The van der Waals surface area contributed by atoms with Gasteiger partial charge in [-0.05, 0) is 30.0 Å². The van der Waals surface area contributed by atoms with Gasteiger partial charge in [-0.15, -0.1) is 11.3 Å². The summed E-state index contributed by atoms with van der Waals surface area (Å²) in [5, 5.41) is 2.76. The molecule has 2 aromatic heterocycles. The van der Waals surface area contributed by atoms with Crippen molar-refractivity contribution in [3.05, 3.63) is 45.1 Å². The predicted molar refractivity (Wildman–Crippen MR) is 77.6 cm³/mol. The van der Waals surface area contributed by atoms with Gasteiger partial charge >= 0.3 is 0 Å². The molecule has 3 rings (SSSR count). The summed E-state index contributed by atoms with van der Waals surface area (Å²) in [5.74, 6) is 0.000580. The van der Waals surface area contributed by atoms with E-state index in [2.05, 4.69) is 9.97 Å². The van der Waals surface area contributed by atoms with Gasteiger partial charge in [0.15, 0.2) is 5.82 Å². The number of benzene rings is 1. The first-order valence-corrected chi connectivity index (χ1v) is 7.07. The van der Waals surface area contributed by atoms with Crippen molar-refractivity contribution < 1.29 is 4.39 Å². The number of hydrogen-bond acceptors (Lipinski definition) is 3. The van der Waals surface area contributed by atoms with Crippen LogP contribution in [0.5, 0.6) is 0 Å². The number of aromatic nitrogens is 2. The fourth-order valence-corrected chi connectivity index (χ4v) is 3.18. The van der Waals surface area contributed by atoms with Crippen molar-refractivity contribution in [3.8, 4) is 10.7 Å². The summed E-state index contributed by atoms with van der Waals surface area (Å²) in [7, 11) is 0. The maximum Gasteiger partial charge on any atom is 0.173 e. The summed E-state index contributed by atoms with van der Waals surface area (Å²) in [6.45, 7) is 1.85. The van der Waals surface area contributed by atoms with E-state index in [4.69, 9.17) is 23.2 Å². The Hall–Kier alpha value is -1.23. The molecule has 96 valence electrons. The molecule has 0 fully saturated rings. The Kier molecular flexibility index (Phi) is 3.17. The molecule has 1 aromatic carbocycles. The number of aryl methyl sites for hydroxylation is 1. The Bertz CT molecular complexity index is 786. The lowest BCUT2D eigenvalue weighted by atomic mass is 10.1. The molecule has 0 saturated heterocycles. The highest BCUT2D eigenvalue weighted by molar-refractivity contribution is 7.14. The molecule has 0 atom stereocenters. The second-order valence-corrected chi connectivity index (χ2v) is 5.70. The van der Waals surface area contributed by atoms with E-state index in [1.165, 1.54) is 17.4 Å². The van der Waals surface area contributed by atoms with Crippen molar-refractivity contribution >= 4 is 45.4 Å². The number of fused-ring (bicyclic) bond motifs is 1. The van der Waals surface area contributed by atoms with Crippen molar-refractivity contribution in [1.82, 2.24) is 9.97 Å². The van der Waals surface area contributed by atoms with Crippen molar-refractivity contribution in [3.63, 3.8) is 0 Å². The summed E-state index contributed by atoms with van der Waals surface area (Å²) in [6.07, 6.45) is 0. The van der Waals surface area contributed by atoms with Gasteiger partial charge in [-0.2, -0.15) is 0 Å². The molecular formula is C13H7Cl2FN2S. The van der Waals surface area contributed by atoms with E-state index < -0.39 is 5.82 Å². The van der Waals surface area contributed by atoms with E-state index in [-0.39, 0.29) is 10.5 Å². The van der Waals surface area contributed by atoms with Crippen molar-refractivity contribution in [2.75, 3.05) is 0 Å². The van der Waals surface area contributed by atoms with Gasteiger partial charge in [-0.3, -0.25) is 0 Å². The minimum Gasteiger partial charge on any atom is -0.227 e. The fraction of sp³-hybridized carbons (Fsp3) is 0.0769. The predicted octanol–water partition coefficient (Wildman–Crippen LogP) is 5.11. The number of halogens is 3. The second kappa shape index (κ2) is 4.71. The van der Waals surface area contributed by atoms with Crippen molar-refractivity contribution in [1.29, 1.82) is 0 Å². The van der Waals surface area contributed by atoms with Crippen LogP contribution in [0.1, 0.15) is 5.56 Å². The molecule has 3 aromatic rings. The van der Waals surface area contributed by atoms with Gasteiger partial charge in [0.25, 0.3) is 0 Å². The lowest BCUT2D eigenvalue weighted by molar-refractivity contribution is 0.639. The standard InChI is InChI=1S/C13H7Cl2FN2S/c1-6-2-3-8(16)9-10(6)17-13(18-12(9)15)11-7(14)4-5-19-11/h2-5H,1H3. The van der Waals surface area contributed by atoms with Crippen LogP contribution in [0.25, 0.3) is 21.6 Å². The van der Waals surface area contributed by atoms with E-state index >= 15 is 0 Å². The topological polar surface area (TPSA) is 25.8 Å². The van der Waals surface area contributed by atoms with Crippen LogP contribution in [0.3, 0.4) is 0 Å². The second-order valence-electron chi connectivity index (χ2n) is 4.02. The van der Waals surface area contributed by atoms with E-state index in [9.17, 15) is 4.39 Å². The number of nitrogens with zero attached hydrogens (tertiary/aromatic N) is 2. The molecule has 0 saturated carbocycles. The highest BCUT2D eigenvalue weighted by atomic mass is 35.5. The van der Waals surface area contributed by atoms with Crippen LogP contribution in [0.2, 0.25) is 10.2 Å². The molecule has 0 bridgehead atoms. The number of hydrogen-bond donors (Lipinski definition) is 0. The molecule has 0 aliphatic carbocycles. The maximum atomic E-state index is 13.8. The Balaban J connectivity index is 2.37. The first kappa shape index (κ1) is 12.8. The Morgan fingerprint density at radius 1 is 1.16 bits per heavy atom. The molecule has 0 aliphatic heterocycles. The highest BCUT2D eigenvalue weighted by Crippen LogP contribution is 2.34. The molecule has 2 nitrogen and oxygen atoms in total. The Morgan fingerprint density at radius 3 is 2.63 bits per heavy atom. The highest BCUT2D eigenvalue weighted by Gasteiger charge is 2.15. The van der Waals surface area contributed by atoms with Crippen LogP contribution in [0, 0.1) is 12.7 Å². The third kappa shape index (κ3) is 2.10. The molecule has 2 heterocycles. The van der Waals surface area contributed by atoms with Crippen molar-refractivity contribution in [2.45, 2.75) is 6.92 Å². The normalized spacial score (nSPS) is 11.2. The van der Waals surface area contributed by atoms with Gasteiger partial charge in [-0.1, -0.05) is 29.3 Å². The average molecular weight is 313 g/mol. The third-order valence-electron chi connectivity index (χ3n) is 2.78. The summed E-state index contributed by atoms with van der Waals surface area (Å²) in [6, 6.07) is 4.80. The van der Waals surface area contributed by atoms with Gasteiger partial charge in [0.1, 0.15) is 11.0 Å². The zero-order valence-corrected chi connectivity index (χ0v) is 12.1.